The van der Waals surface area contributed by atoms with Gasteiger partial charge in [-0.2, -0.15) is 0 Å². The van der Waals surface area contributed by atoms with Crippen LogP contribution in [-0.4, -0.2) is 46.6 Å². The van der Waals surface area contributed by atoms with Gasteiger partial charge in [-0.05, 0) is 18.6 Å². The van der Waals surface area contributed by atoms with E-state index in [1.807, 2.05) is 24.3 Å². The molecule has 2 heterocycles. The lowest BCUT2D eigenvalue weighted by Crippen LogP contribution is -2.41. The SMILES string of the molecule is CN(Cc1nc2ccccc2s1)C(=O)[C@H]1C[C@@H](O)CN1. The fourth-order valence-electron chi connectivity index (χ4n) is 2.44. The minimum Gasteiger partial charge on any atom is -0.392 e. The molecule has 20 heavy (non-hydrogen) atoms. The predicted molar refractivity (Wildman–Crippen MR) is 78.5 cm³/mol. The van der Waals surface area contributed by atoms with E-state index >= 15 is 0 Å². The van der Waals surface area contributed by atoms with E-state index in [-0.39, 0.29) is 11.9 Å². The minimum absolute atomic E-state index is 0.0146. The lowest BCUT2D eigenvalue weighted by Gasteiger charge is -2.19. The van der Waals surface area contributed by atoms with Crippen LogP contribution in [0, 0.1) is 0 Å². The van der Waals surface area contributed by atoms with Gasteiger partial charge < -0.3 is 15.3 Å². The van der Waals surface area contributed by atoms with Gasteiger partial charge in [-0.25, -0.2) is 4.98 Å². The number of hydrogen-bond donors (Lipinski definition) is 2. The van der Waals surface area contributed by atoms with Crippen LogP contribution >= 0.6 is 11.3 Å². The molecule has 2 aromatic rings. The Hall–Kier alpha value is -1.50. The zero-order chi connectivity index (χ0) is 14.1. The molecule has 0 radical (unpaired) electrons. The maximum Gasteiger partial charge on any atom is 0.239 e. The number of likely N-dealkylation sites (N-methyl/N-ethyl adjacent to an activating group) is 1. The lowest BCUT2D eigenvalue weighted by atomic mass is 10.2. The number of carbonyl (C=O) groups excluding carboxylic acids is 1. The molecule has 0 unspecified atom stereocenters. The number of β-amino-alcohol motifs (C(OH)–C–C–N with tert-alkyl or cyclic N) is 1. The molecule has 0 aliphatic carbocycles. The third kappa shape index (κ3) is 2.67. The number of para-hydroxylation sites is 1. The number of amides is 1. The van der Waals surface area contributed by atoms with E-state index in [2.05, 4.69) is 10.3 Å². The molecule has 2 N–H and O–H groups in total. The maximum absolute atomic E-state index is 12.2. The van der Waals surface area contributed by atoms with Crippen molar-refractivity contribution >= 4 is 27.5 Å². The highest BCUT2D eigenvalue weighted by molar-refractivity contribution is 7.18. The average molecular weight is 291 g/mol. The van der Waals surface area contributed by atoms with Gasteiger partial charge in [-0.15, -0.1) is 11.3 Å². The van der Waals surface area contributed by atoms with Gasteiger partial charge in [0, 0.05) is 13.6 Å². The second kappa shape index (κ2) is 5.47. The van der Waals surface area contributed by atoms with Crippen LogP contribution in [0.2, 0.25) is 0 Å². The summed E-state index contributed by atoms with van der Waals surface area (Å²) >= 11 is 1.61. The van der Waals surface area contributed by atoms with E-state index in [0.29, 0.717) is 19.5 Å². The maximum atomic E-state index is 12.2. The number of nitrogens with zero attached hydrogens (tertiary/aromatic N) is 2. The van der Waals surface area contributed by atoms with E-state index in [9.17, 15) is 9.90 Å². The minimum atomic E-state index is -0.417. The first-order chi connectivity index (χ1) is 9.63. The summed E-state index contributed by atoms with van der Waals surface area (Å²) in [6.45, 7) is 0.998. The Morgan fingerprint density at radius 1 is 1.55 bits per heavy atom. The number of aromatic nitrogens is 1. The van der Waals surface area contributed by atoms with Crippen LogP contribution < -0.4 is 5.32 Å². The van der Waals surface area contributed by atoms with Crippen molar-refractivity contribution in [1.29, 1.82) is 0 Å². The molecule has 1 saturated heterocycles. The van der Waals surface area contributed by atoms with Crippen molar-refractivity contribution < 1.29 is 9.90 Å². The summed E-state index contributed by atoms with van der Waals surface area (Å²) in [4.78, 5) is 18.4. The molecule has 1 aliphatic heterocycles. The molecule has 2 atom stereocenters. The number of hydrogen-bond acceptors (Lipinski definition) is 5. The van der Waals surface area contributed by atoms with E-state index in [1.54, 1.807) is 23.3 Å². The molecule has 5 nitrogen and oxygen atoms in total. The third-order valence-corrected chi connectivity index (χ3v) is 4.51. The van der Waals surface area contributed by atoms with Crippen LogP contribution in [0.4, 0.5) is 0 Å². The Morgan fingerprint density at radius 3 is 3.05 bits per heavy atom. The molecule has 106 valence electrons. The fraction of sp³-hybridized carbons (Fsp3) is 0.429. The number of benzene rings is 1. The van der Waals surface area contributed by atoms with E-state index in [1.165, 1.54) is 0 Å². The molecule has 0 spiro atoms. The number of nitrogens with one attached hydrogen (secondary N) is 1. The smallest absolute Gasteiger partial charge is 0.239 e. The van der Waals surface area contributed by atoms with Crippen LogP contribution in [0.1, 0.15) is 11.4 Å². The Balaban J connectivity index is 1.68. The number of rotatable bonds is 3. The zero-order valence-electron chi connectivity index (χ0n) is 11.2. The Morgan fingerprint density at radius 2 is 2.35 bits per heavy atom. The molecule has 6 heteroatoms. The highest BCUT2D eigenvalue weighted by atomic mass is 32.1. The van der Waals surface area contributed by atoms with Crippen LogP contribution in [0.25, 0.3) is 10.2 Å². The molecule has 0 bridgehead atoms. The molecular formula is C14H17N3O2S. The number of aliphatic hydroxyl groups is 1. The third-order valence-electron chi connectivity index (χ3n) is 3.49. The van der Waals surface area contributed by atoms with Gasteiger partial charge in [0.2, 0.25) is 5.91 Å². The van der Waals surface area contributed by atoms with Crippen LogP contribution in [-0.2, 0) is 11.3 Å². The van der Waals surface area contributed by atoms with Gasteiger partial charge in [-0.1, -0.05) is 12.1 Å². The second-order valence-electron chi connectivity index (χ2n) is 5.12. The van der Waals surface area contributed by atoms with Crippen molar-refractivity contribution in [2.45, 2.75) is 25.1 Å². The van der Waals surface area contributed by atoms with Crippen molar-refractivity contribution in [2.75, 3.05) is 13.6 Å². The van der Waals surface area contributed by atoms with Crippen LogP contribution in [0.5, 0.6) is 0 Å². The number of fused-ring (bicyclic) bond motifs is 1. The summed E-state index contributed by atoms with van der Waals surface area (Å²) in [6, 6.07) is 7.69. The first-order valence-electron chi connectivity index (χ1n) is 6.64. The van der Waals surface area contributed by atoms with Crippen molar-refractivity contribution in [3.63, 3.8) is 0 Å². The van der Waals surface area contributed by atoms with Crippen LogP contribution in [0.15, 0.2) is 24.3 Å². The summed E-state index contributed by atoms with van der Waals surface area (Å²) in [5, 5.41) is 13.4. The standard InChI is InChI=1S/C14H17N3O2S/c1-17(14(19)11-6-9(18)7-15-11)8-13-16-10-4-2-3-5-12(10)20-13/h2-5,9,11,15,18H,6-8H2,1H3/t9-,11-/m1/s1. The zero-order valence-corrected chi connectivity index (χ0v) is 12.1. The first kappa shape index (κ1) is 13.5. The molecule has 1 aromatic carbocycles. The van der Waals surface area contributed by atoms with E-state index in [4.69, 9.17) is 0 Å². The van der Waals surface area contributed by atoms with Crippen LogP contribution in [0.3, 0.4) is 0 Å². The average Bonchev–Trinajstić information content (AvgIpc) is 3.03. The number of aliphatic hydroxyl groups excluding tert-OH is 1. The predicted octanol–water partition coefficient (Wildman–Crippen LogP) is 0.977. The molecule has 1 amide bonds. The Bertz CT molecular complexity index is 595. The Kier molecular flexibility index (Phi) is 3.69. The highest BCUT2D eigenvalue weighted by Gasteiger charge is 2.30. The molecule has 1 aliphatic rings. The lowest BCUT2D eigenvalue weighted by molar-refractivity contribution is -0.132. The molecule has 1 fully saturated rings. The number of carbonyl (C=O) groups is 1. The largest absolute Gasteiger partial charge is 0.392 e. The normalized spacial score (nSPS) is 22.3. The molecule has 0 saturated carbocycles. The van der Waals surface area contributed by atoms with Gasteiger partial charge in [0.15, 0.2) is 0 Å². The highest BCUT2D eigenvalue weighted by Crippen LogP contribution is 2.22. The van der Waals surface area contributed by atoms with E-state index < -0.39 is 6.10 Å². The summed E-state index contributed by atoms with van der Waals surface area (Å²) in [7, 11) is 1.78. The summed E-state index contributed by atoms with van der Waals surface area (Å²) in [5.41, 5.74) is 0.975. The van der Waals surface area contributed by atoms with Gasteiger partial charge in [0.25, 0.3) is 0 Å². The number of thiazole rings is 1. The van der Waals surface area contributed by atoms with Crippen molar-refractivity contribution in [1.82, 2.24) is 15.2 Å². The summed E-state index contributed by atoms with van der Waals surface area (Å²) < 4.78 is 1.14. The van der Waals surface area contributed by atoms with Crippen molar-refractivity contribution in [3.05, 3.63) is 29.3 Å². The summed E-state index contributed by atoms with van der Waals surface area (Å²) in [5.74, 6) is 0.0146. The van der Waals surface area contributed by atoms with Crippen molar-refractivity contribution in [2.24, 2.45) is 0 Å². The monoisotopic (exact) mass is 291 g/mol. The van der Waals surface area contributed by atoms with Crippen molar-refractivity contribution in [3.8, 4) is 0 Å². The first-order valence-corrected chi connectivity index (χ1v) is 7.46. The fourth-order valence-corrected chi connectivity index (χ4v) is 3.46. The quantitative estimate of drug-likeness (QED) is 0.884. The second-order valence-corrected chi connectivity index (χ2v) is 6.24. The topological polar surface area (TPSA) is 65.5 Å². The molecular weight excluding hydrogens is 274 g/mol. The molecule has 1 aromatic heterocycles. The van der Waals surface area contributed by atoms with Gasteiger partial charge in [0.05, 0.1) is 28.9 Å². The van der Waals surface area contributed by atoms with Gasteiger partial charge in [0.1, 0.15) is 5.01 Å². The van der Waals surface area contributed by atoms with Gasteiger partial charge >= 0.3 is 0 Å². The molecule has 3 rings (SSSR count). The Labute approximate surface area is 121 Å². The summed E-state index contributed by atoms with van der Waals surface area (Å²) in [6.07, 6.45) is 0.0723. The van der Waals surface area contributed by atoms with E-state index in [0.717, 1.165) is 15.2 Å². The van der Waals surface area contributed by atoms with Gasteiger partial charge in [-0.3, -0.25) is 4.79 Å².